The van der Waals surface area contributed by atoms with E-state index in [4.69, 9.17) is 0 Å². The minimum absolute atomic E-state index is 0.234. The van der Waals surface area contributed by atoms with Gasteiger partial charge in [-0.15, -0.1) is 0 Å². The molecule has 0 bridgehead atoms. The fourth-order valence-corrected chi connectivity index (χ4v) is 1.83. The van der Waals surface area contributed by atoms with E-state index in [0.717, 1.165) is 16.5 Å². The van der Waals surface area contributed by atoms with Gasteiger partial charge in [0.1, 0.15) is 0 Å². The average molecular weight is 258 g/mol. The lowest BCUT2D eigenvalue weighted by molar-refractivity contribution is -0.190. The number of aryl methyl sites for hydroxylation is 1. The van der Waals surface area contributed by atoms with E-state index >= 15 is 0 Å². The minimum Gasteiger partial charge on any atom is -0.350 e. The summed E-state index contributed by atoms with van der Waals surface area (Å²) in [6.45, 7) is -1.06. The van der Waals surface area contributed by atoms with Crippen LogP contribution in [-0.2, 0) is 18.4 Å². The van der Waals surface area contributed by atoms with Gasteiger partial charge in [-0.25, -0.2) is 0 Å². The van der Waals surface area contributed by atoms with E-state index < -0.39 is 12.8 Å². The van der Waals surface area contributed by atoms with Crippen molar-refractivity contribution in [2.45, 2.75) is 12.7 Å². The number of benzene rings is 1. The van der Waals surface area contributed by atoms with Gasteiger partial charge in [0, 0.05) is 30.7 Å². The number of aromatic nitrogens is 1. The number of nitrogens with zero attached hydrogens (tertiary/aromatic N) is 1. The predicted molar refractivity (Wildman–Crippen MR) is 61.8 cm³/mol. The molecular formula is C12H13F3N2O. The first kappa shape index (κ1) is 12.9. The molecule has 1 aromatic carbocycles. The quantitative estimate of drug-likeness (QED) is 0.674. The molecule has 6 heteroatoms. The summed E-state index contributed by atoms with van der Waals surface area (Å²) in [4.78, 5) is 4.38. The van der Waals surface area contributed by atoms with E-state index in [-0.39, 0.29) is 6.54 Å². The summed E-state index contributed by atoms with van der Waals surface area (Å²) in [6.07, 6.45) is -2.44. The highest BCUT2D eigenvalue weighted by molar-refractivity contribution is 5.83. The van der Waals surface area contributed by atoms with E-state index in [2.05, 4.69) is 10.3 Å². The van der Waals surface area contributed by atoms with E-state index in [1.165, 1.54) is 0 Å². The van der Waals surface area contributed by atoms with Crippen LogP contribution in [0.15, 0.2) is 30.5 Å². The van der Waals surface area contributed by atoms with Crippen LogP contribution in [0.5, 0.6) is 0 Å². The average Bonchev–Trinajstić information content (AvgIpc) is 2.62. The first-order valence-electron chi connectivity index (χ1n) is 5.42. The van der Waals surface area contributed by atoms with Crippen LogP contribution in [0.1, 0.15) is 5.56 Å². The molecule has 1 heterocycles. The Kier molecular flexibility index (Phi) is 3.58. The lowest BCUT2D eigenvalue weighted by Crippen LogP contribution is -2.24. The Labute approximate surface area is 102 Å². The molecule has 18 heavy (non-hydrogen) atoms. The Morgan fingerprint density at radius 3 is 2.72 bits per heavy atom. The third-order valence-corrected chi connectivity index (χ3v) is 2.58. The number of rotatable bonds is 4. The van der Waals surface area contributed by atoms with Crippen molar-refractivity contribution in [3.05, 3.63) is 36.0 Å². The minimum atomic E-state index is -4.31. The van der Waals surface area contributed by atoms with Crippen molar-refractivity contribution in [2.24, 2.45) is 7.05 Å². The summed E-state index contributed by atoms with van der Waals surface area (Å²) in [5, 5.41) is 1.00. The third kappa shape index (κ3) is 3.02. The number of fused-ring (bicyclic) bond motifs is 1. The van der Waals surface area contributed by atoms with Crippen LogP contribution in [0.2, 0.25) is 0 Å². The van der Waals surface area contributed by atoms with Crippen LogP contribution < -0.4 is 5.48 Å². The highest BCUT2D eigenvalue weighted by Crippen LogP contribution is 2.20. The molecule has 0 radical (unpaired) electrons. The van der Waals surface area contributed by atoms with E-state index in [0.29, 0.717) is 0 Å². The van der Waals surface area contributed by atoms with Crippen molar-refractivity contribution in [1.82, 2.24) is 10.0 Å². The SMILES string of the molecule is Cn1cc(CNOCC(F)(F)F)c2ccccc21. The van der Waals surface area contributed by atoms with Crippen molar-refractivity contribution in [3.63, 3.8) is 0 Å². The van der Waals surface area contributed by atoms with Crippen molar-refractivity contribution >= 4 is 10.9 Å². The largest absolute Gasteiger partial charge is 0.413 e. The third-order valence-electron chi connectivity index (χ3n) is 2.58. The first-order valence-corrected chi connectivity index (χ1v) is 5.42. The van der Waals surface area contributed by atoms with Crippen LogP contribution in [0, 0.1) is 0 Å². The first-order chi connectivity index (χ1) is 8.47. The van der Waals surface area contributed by atoms with Gasteiger partial charge in [0.25, 0.3) is 0 Å². The Balaban J connectivity index is 2.00. The van der Waals surface area contributed by atoms with Crippen LogP contribution in [0.4, 0.5) is 13.2 Å². The second-order valence-corrected chi connectivity index (χ2v) is 4.01. The number of hydrogen-bond donors (Lipinski definition) is 1. The number of para-hydroxylation sites is 1. The number of hydrogen-bond acceptors (Lipinski definition) is 2. The second-order valence-electron chi connectivity index (χ2n) is 4.01. The normalized spacial score (nSPS) is 12.2. The van der Waals surface area contributed by atoms with E-state index in [1.807, 2.05) is 42.1 Å². The Morgan fingerprint density at radius 1 is 1.28 bits per heavy atom. The number of halogens is 3. The molecule has 0 fully saturated rings. The maximum Gasteiger partial charge on any atom is 0.413 e. The lowest BCUT2D eigenvalue weighted by atomic mass is 10.2. The zero-order valence-corrected chi connectivity index (χ0v) is 9.79. The Morgan fingerprint density at radius 2 is 2.00 bits per heavy atom. The number of alkyl halides is 3. The van der Waals surface area contributed by atoms with Crippen LogP contribution in [0.3, 0.4) is 0 Å². The molecule has 0 aliphatic heterocycles. The van der Waals surface area contributed by atoms with Crippen molar-refractivity contribution in [3.8, 4) is 0 Å². The van der Waals surface area contributed by atoms with Crippen molar-refractivity contribution < 1.29 is 18.0 Å². The molecule has 0 spiro atoms. The molecule has 2 aromatic rings. The summed E-state index contributed by atoms with van der Waals surface area (Å²) >= 11 is 0. The van der Waals surface area contributed by atoms with Gasteiger partial charge in [0.2, 0.25) is 0 Å². The van der Waals surface area contributed by atoms with Crippen molar-refractivity contribution in [2.75, 3.05) is 6.61 Å². The summed E-state index contributed by atoms with van der Waals surface area (Å²) in [5.41, 5.74) is 4.26. The summed E-state index contributed by atoms with van der Waals surface area (Å²) < 4.78 is 37.5. The van der Waals surface area contributed by atoms with Crippen LogP contribution in [0.25, 0.3) is 10.9 Å². The van der Waals surface area contributed by atoms with Gasteiger partial charge in [-0.1, -0.05) is 18.2 Å². The monoisotopic (exact) mass is 258 g/mol. The molecule has 0 saturated heterocycles. The van der Waals surface area contributed by atoms with Gasteiger partial charge < -0.3 is 4.57 Å². The highest BCUT2D eigenvalue weighted by Gasteiger charge is 2.27. The molecule has 0 amide bonds. The number of hydroxylamine groups is 1. The molecular weight excluding hydrogens is 245 g/mol. The summed E-state index contributed by atoms with van der Waals surface area (Å²) in [5.74, 6) is 0. The van der Waals surface area contributed by atoms with Gasteiger partial charge in [0.05, 0.1) is 0 Å². The van der Waals surface area contributed by atoms with Gasteiger partial charge in [-0.2, -0.15) is 18.7 Å². The van der Waals surface area contributed by atoms with Gasteiger partial charge in [-0.05, 0) is 11.6 Å². The number of nitrogens with one attached hydrogen (secondary N) is 1. The molecule has 2 rings (SSSR count). The fraction of sp³-hybridized carbons (Fsp3) is 0.333. The lowest BCUT2D eigenvalue weighted by Gasteiger charge is -2.07. The maximum absolute atomic E-state index is 11.9. The zero-order chi connectivity index (χ0) is 13.2. The van der Waals surface area contributed by atoms with Crippen LogP contribution >= 0.6 is 0 Å². The smallest absolute Gasteiger partial charge is 0.350 e. The fourth-order valence-electron chi connectivity index (χ4n) is 1.83. The molecule has 0 aliphatic rings. The Hall–Kier alpha value is -1.53. The van der Waals surface area contributed by atoms with Gasteiger partial charge in [-0.3, -0.25) is 4.84 Å². The van der Waals surface area contributed by atoms with E-state index in [9.17, 15) is 13.2 Å². The molecule has 0 unspecified atom stereocenters. The van der Waals surface area contributed by atoms with Gasteiger partial charge >= 0.3 is 6.18 Å². The molecule has 1 aromatic heterocycles. The maximum atomic E-state index is 11.9. The summed E-state index contributed by atoms with van der Waals surface area (Å²) in [7, 11) is 1.89. The predicted octanol–water partition coefficient (Wildman–Crippen LogP) is 2.76. The topological polar surface area (TPSA) is 26.2 Å². The van der Waals surface area contributed by atoms with E-state index in [1.54, 1.807) is 0 Å². The zero-order valence-electron chi connectivity index (χ0n) is 9.79. The molecule has 0 aliphatic carbocycles. The van der Waals surface area contributed by atoms with Crippen LogP contribution in [-0.4, -0.2) is 17.4 Å². The van der Waals surface area contributed by atoms with Gasteiger partial charge in [0.15, 0.2) is 6.61 Å². The Bertz CT molecular complexity index is 534. The molecule has 98 valence electrons. The van der Waals surface area contributed by atoms with Crippen molar-refractivity contribution in [1.29, 1.82) is 0 Å². The highest BCUT2D eigenvalue weighted by atomic mass is 19.4. The molecule has 1 N–H and O–H groups in total. The standard InChI is InChI=1S/C12H13F3N2O/c1-17-7-9(6-16-18-8-12(13,14)15)10-4-2-3-5-11(10)17/h2-5,7,16H,6,8H2,1H3. The molecule has 0 atom stereocenters. The molecule has 0 saturated carbocycles. The second kappa shape index (κ2) is 4.99. The summed E-state index contributed by atoms with van der Waals surface area (Å²) in [6, 6.07) is 7.69. The molecule has 3 nitrogen and oxygen atoms in total.